The van der Waals surface area contributed by atoms with Crippen molar-refractivity contribution in [3.63, 3.8) is 0 Å². The van der Waals surface area contributed by atoms with Crippen LogP contribution in [0.25, 0.3) is 0 Å². The maximum Gasteiger partial charge on any atom is 0.417 e. The molecule has 0 radical (unpaired) electrons. The molecule has 0 heterocycles. The van der Waals surface area contributed by atoms with Crippen molar-refractivity contribution >= 4 is 9.84 Å². The molecule has 0 spiro atoms. The number of rotatable bonds is 1. The van der Waals surface area contributed by atoms with Gasteiger partial charge >= 0.3 is 6.18 Å². The lowest BCUT2D eigenvalue weighted by molar-refractivity contribution is -0.140. The summed E-state index contributed by atoms with van der Waals surface area (Å²) in [7, 11) is -4.02. The van der Waals surface area contributed by atoms with E-state index in [0.29, 0.717) is 18.4 Å². The predicted molar refractivity (Wildman–Crippen MR) is 44.5 cm³/mol. The van der Waals surface area contributed by atoms with Gasteiger partial charge in [-0.1, -0.05) is 0 Å². The van der Waals surface area contributed by atoms with E-state index < -0.39 is 32.3 Å². The summed E-state index contributed by atoms with van der Waals surface area (Å²) in [5.74, 6) is -1.13. The fourth-order valence-electron chi connectivity index (χ4n) is 1.05. The van der Waals surface area contributed by atoms with Gasteiger partial charge in [0.1, 0.15) is 5.82 Å². The molecule has 0 aliphatic heterocycles. The second-order valence-electron chi connectivity index (χ2n) is 2.91. The Hall–Kier alpha value is -1.11. The molecule has 15 heavy (non-hydrogen) atoms. The van der Waals surface area contributed by atoms with E-state index in [1.165, 1.54) is 0 Å². The van der Waals surface area contributed by atoms with E-state index in [4.69, 9.17) is 0 Å². The third-order valence-corrected chi connectivity index (χ3v) is 2.80. The zero-order chi connectivity index (χ0) is 11.9. The Labute approximate surface area is 83.4 Å². The van der Waals surface area contributed by atoms with Crippen molar-refractivity contribution in [3.8, 4) is 0 Å². The first-order valence-electron chi connectivity index (χ1n) is 3.69. The molecule has 1 rings (SSSR count). The van der Waals surface area contributed by atoms with E-state index in [0.717, 1.165) is 0 Å². The summed E-state index contributed by atoms with van der Waals surface area (Å²) >= 11 is 0. The van der Waals surface area contributed by atoms with E-state index >= 15 is 0 Å². The van der Waals surface area contributed by atoms with Gasteiger partial charge in [0.25, 0.3) is 0 Å². The molecule has 84 valence electrons. The molecular weight excluding hydrogens is 236 g/mol. The van der Waals surface area contributed by atoms with E-state index in [2.05, 4.69) is 0 Å². The van der Waals surface area contributed by atoms with Gasteiger partial charge in [-0.05, 0) is 18.2 Å². The van der Waals surface area contributed by atoms with Crippen LogP contribution < -0.4 is 0 Å². The van der Waals surface area contributed by atoms with Crippen LogP contribution in [-0.2, 0) is 16.0 Å². The van der Waals surface area contributed by atoms with Crippen molar-refractivity contribution in [1.29, 1.82) is 0 Å². The third-order valence-electron chi connectivity index (χ3n) is 1.65. The summed E-state index contributed by atoms with van der Waals surface area (Å²) in [6, 6.07) is 1.44. The fraction of sp³-hybridized carbons (Fsp3) is 0.250. The van der Waals surface area contributed by atoms with Gasteiger partial charge in [0.2, 0.25) is 0 Å². The number of hydrogen-bond acceptors (Lipinski definition) is 2. The van der Waals surface area contributed by atoms with E-state index in [-0.39, 0.29) is 6.07 Å². The lowest BCUT2D eigenvalue weighted by atomic mass is 10.2. The quantitative estimate of drug-likeness (QED) is 0.559. The summed E-state index contributed by atoms with van der Waals surface area (Å²) in [5.41, 5.74) is -1.48. The third kappa shape index (κ3) is 2.68. The predicted octanol–water partition coefficient (Wildman–Crippen LogP) is 2.25. The summed E-state index contributed by atoms with van der Waals surface area (Å²) in [6.07, 6.45) is -4.25. The highest BCUT2D eigenvalue weighted by molar-refractivity contribution is 7.90. The van der Waals surface area contributed by atoms with Crippen molar-refractivity contribution in [2.24, 2.45) is 0 Å². The Balaban J connectivity index is 3.55. The molecule has 0 aliphatic rings. The molecule has 0 saturated carbocycles. The number of halogens is 4. The van der Waals surface area contributed by atoms with Crippen LogP contribution in [0.15, 0.2) is 23.1 Å². The Morgan fingerprint density at radius 1 is 1.20 bits per heavy atom. The first-order chi connectivity index (χ1) is 6.62. The molecule has 0 N–H and O–H groups in total. The van der Waals surface area contributed by atoms with Crippen molar-refractivity contribution < 1.29 is 26.0 Å². The molecule has 0 unspecified atom stereocenters. The number of hydrogen-bond donors (Lipinski definition) is 0. The highest BCUT2D eigenvalue weighted by Gasteiger charge is 2.36. The molecular formula is C8H6F4O2S. The molecule has 0 aliphatic carbocycles. The monoisotopic (exact) mass is 242 g/mol. The first kappa shape index (κ1) is 12.0. The number of benzene rings is 1. The highest BCUT2D eigenvalue weighted by Crippen LogP contribution is 2.34. The normalized spacial score (nSPS) is 12.9. The van der Waals surface area contributed by atoms with Gasteiger partial charge in [-0.25, -0.2) is 12.8 Å². The van der Waals surface area contributed by atoms with Gasteiger partial charge in [0, 0.05) is 6.26 Å². The Morgan fingerprint density at radius 2 is 1.73 bits per heavy atom. The Kier molecular flexibility index (Phi) is 2.77. The van der Waals surface area contributed by atoms with Gasteiger partial charge in [0.15, 0.2) is 9.84 Å². The topological polar surface area (TPSA) is 34.1 Å². The van der Waals surface area contributed by atoms with Gasteiger partial charge in [-0.3, -0.25) is 0 Å². The standard InChI is InChI=1S/C8H6F4O2S/c1-15(13,14)7-3-2-5(9)4-6(7)8(10,11)12/h2-4H,1H3. The SMILES string of the molecule is CS(=O)(=O)c1ccc(F)cc1C(F)(F)F. The van der Waals surface area contributed by atoms with Crippen LogP contribution in [-0.4, -0.2) is 14.7 Å². The van der Waals surface area contributed by atoms with Crippen molar-refractivity contribution in [1.82, 2.24) is 0 Å². The average Bonchev–Trinajstić information content (AvgIpc) is 2.00. The van der Waals surface area contributed by atoms with Crippen molar-refractivity contribution in [3.05, 3.63) is 29.6 Å². The van der Waals surface area contributed by atoms with Crippen LogP contribution in [0.1, 0.15) is 5.56 Å². The molecule has 2 nitrogen and oxygen atoms in total. The lowest BCUT2D eigenvalue weighted by Crippen LogP contribution is -2.12. The second kappa shape index (κ2) is 3.48. The number of alkyl halides is 3. The minimum atomic E-state index is -4.89. The van der Waals surface area contributed by atoms with Gasteiger partial charge in [-0.15, -0.1) is 0 Å². The molecule has 0 saturated heterocycles. The average molecular weight is 242 g/mol. The molecule has 7 heteroatoms. The lowest BCUT2D eigenvalue weighted by Gasteiger charge is -2.11. The zero-order valence-electron chi connectivity index (χ0n) is 7.47. The maximum absolute atomic E-state index is 12.6. The highest BCUT2D eigenvalue weighted by atomic mass is 32.2. The first-order valence-corrected chi connectivity index (χ1v) is 5.58. The summed E-state index contributed by atoms with van der Waals surface area (Å²) in [4.78, 5) is -0.920. The Morgan fingerprint density at radius 3 is 2.13 bits per heavy atom. The summed E-state index contributed by atoms with van der Waals surface area (Å²) in [6.45, 7) is 0. The second-order valence-corrected chi connectivity index (χ2v) is 4.89. The van der Waals surface area contributed by atoms with Crippen LogP contribution in [0.2, 0.25) is 0 Å². The van der Waals surface area contributed by atoms with Gasteiger partial charge in [0.05, 0.1) is 10.5 Å². The fourth-order valence-corrected chi connectivity index (χ4v) is 1.94. The van der Waals surface area contributed by atoms with E-state index in [9.17, 15) is 26.0 Å². The van der Waals surface area contributed by atoms with E-state index in [1.54, 1.807) is 0 Å². The van der Waals surface area contributed by atoms with Crippen LogP contribution in [0, 0.1) is 5.82 Å². The zero-order valence-corrected chi connectivity index (χ0v) is 8.29. The molecule has 1 aromatic rings. The summed E-state index contributed by atoms with van der Waals surface area (Å²) in [5, 5.41) is 0. The maximum atomic E-state index is 12.6. The van der Waals surface area contributed by atoms with E-state index in [1.807, 2.05) is 0 Å². The van der Waals surface area contributed by atoms with Crippen LogP contribution in [0.4, 0.5) is 17.6 Å². The van der Waals surface area contributed by atoms with Crippen molar-refractivity contribution in [2.75, 3.05) is 6.26 Å². The van der Waals surface area contributed by atoms with Crippen molar-refractivity contribution in [2.45, 2.75) is 11.1 Å². The van der Waals surface area contributed by atoms with Crippen LogP contribution in [0.3, 0.4) is 0 Å². The molecule has 0 bridgehead atoms. The molecule has 0 aromatic heterocycles. The molecule has 0 atom stereocenters. The minimum absolute atomic E-state index is 0.163. The smallest absolute Gasteiger partial charge is 0.224 e. The van der Waals surface area contributed by atoms with Gasteiger partial charge in [-0.2, -0.15) is 13.2 Å². The minimum Gasteiger partial charge on any atom is -0.224 e. The van der Waals surface area contributed by atoms with Gasteiger partial charge < -0.3 is 0 Å². The summed E-state index contributed by atoms with van der Waals surface area (Å²) < 4.78 is 71.5. The molecule has 1 aromatic carbocycles. The largest absolute Gasteiger partial charge is 0.417 e. The molecule has 0 fully saturated rings. The molecule has 0 amide bonds. The van der Waals surface area contributed by atoms with Crippen LogP contribution >= 0.6 is 0 Å². The Bertz CT molecular complexity index is 476. The van der Waals surface area contributed by atoms with Crippen LogP contribution in [0.5, 0.6) is 0 Å². The number of sulfone groups is 1.